The van der Waals surface area contributed by atoms with E-state index in [-0.39, 0.29) is 0 Å². The van der Waals surface area contributed by atoms with Gasteiger partial charge in [0, 0.05) is 17.7 Å². The molecule has 1 rings (SSSR count). The Morgan fingerprint density at radius 1 is 1.36 bits per heavy atom. The molecule has 1 saturated carbocycles. The topological polar surface area (TPSA) is 20.1 Å². The largest absolute Gasteiger partial charge is 0.201 e. The Kier molecular flexibility index (Phi) is 2.63. The molecule has 2 unspecified atom stereocenters. The van der Waals surface area contributed by atoms with Gasteiger partial charge in [0.2, 0.25) is 6.04 Å². The summed E-state index contributed by atoms with van der Waals surface area (Å²) in [6, 6.07) is 0.308. The number of nitrogens with zero attached hydrogens (tertiary/aromatic N) is 1. The molecule has 0 heterocycles. The third kappa shape index (κ3) is 2.01. The number of nitroso groups, excluding NO2 is 1. The van der Waals surface area contributed by atoms with E-state index in [2.05, 4.69) is 13.8 Å². The minimum atomic E-state index is 0.308. The van der Waals surface area contributed by atoms with Crippen LogP contribution in [0.4, 0.5) is 0 Å². The molecule has 0 saturated heterocycles. The Morgan fingerprint density at radius 2 is 2.00 bits per heavy atom. The summed E-state index contributed by atoms with van der Waals surface area (Å²) in [6.45, 7) is 4.50. The van der Waals surface area contributed by atoms with Crippen molar-refractivity contribution in [2.24, 2.45) is 11.8 Å². The lowest BCUT2D eigenvalue weighted by Gasteiger charge is -2.11. The normalized spacial score (nSPS) is 31.3. The molecule has 2 nitrogen and oxygen atoms in total. The van der Waals surface area contributed by atoms with Crippen LogP contribution in [0.1, 0.15) is 33.1 Å². The molecule has 0 bridgehead atoms. The summed E-state index contributed by atoms with van der Waals surface area (Å²) in [5.41, 5.74) is 0. The van der Waals surface area contributed by atoms with Gasteiger partial charge in [0.25, 0.3) is 0 Å². The van der Waals surface area contributed by atoms with E-state index in [1.807, 2.05) is 0 Å². The lowest BCUT2D eigenvalue weighted by molar-refractivity contribution is -0.557. The monoisotopic (exact) mass is 156 g/mol. The lowest BCUT2D eigenvalue weighted by atomic mass is 9.94. The van der Waals surface area contributed by atoms with Gasteiger partial charge in [-0.2, -0.15) is 0 Å². The van der Waals surface area contributed by atoms with Crippen molar-refractivity contribution in [3.05, 3.63) is 4.91 Å². The van der Waals surface area contributed by atoms with Gasteiger partial charge in [0.05, 0.1) is 0 Å². The van der Waals surface area contributed by atoms with Crippen LogP contribution < -0.4 is 0 Å². The molecule has 64 valence electrons. The summed E-state index contributed by atoms with van der Waals surface area (Å²) >= 11 is 0. The fourth-order valence-electron chi connectivity index (χ4n) is 1.93. The van der Waals surface area contributed by atoms with Crippen molar-refractivity contribution in [2.75, 3.05) is 7.05 Å². The van der Waals surface area contributed by atoms with Crippen LogP contribution in [0.15, 0.2) is 0 Å². The highest BCUT2D eigenvalue weighted by Crippen LogP contribution is 2.32. The van der Waals surface area contributed by atoms with Gasteiger partial charge < -0.3 is 0 Å². The minimum absolute atomic E-state index is 0.308. The van der Waals surface area contributed by atoms with Crippen molar-refractivity contribution in [3.8, 4) is 0 Å². The van der Waals surface area contributed by atoms with Gasteiger partial charge in [-0.25, -0.2) is 0 Å². The van der Waals surface area contributed by atoms with Crippen molar-refractivity contribution in [2.45, 2.75) is 39.2 Å². The van der Waals surface area contributed by atoms with Gasteiger partial charge >= 0.3 is 0 Å². The maximum absolute atomic E-state index is 10.9. The third-order valence-electron chi connectivity index (χ3n) is 2.90. The molecule has 1 aliphatic rings. The van der Waals surface area contributed by atoms with Gasteiger partial charge in [-0.15, -0.1) is 0 Å². The Morgan fingerprint density at radius 3 is 2.27 bits per heavy atom. The number of hydrogen-bond donors (Lipinski definition) is 0. The Bertz CT molecular complexity index is 154. The second kappa shape index (κ2) is 3.33. The first kappa shape index (κ1) is 8.69. The van der Waals surface area contributed by atoms with E-state index in [0.29, 0.717) is 6.04 Å². The molecule has 0 spiro atoms. The van der Waals surface area contributed by atoms with Gasteiger partial charge in [-0.1, -0.05) is 13.8 Å². The average Bonchev–Trinajstić information content (AvgIpc) is 2.33. The minimum Gasteiger partial charge on any atom is -0.0625 e. The van der Waals surface area contributed by atoms with E-state index < -0.39 is 0 Å². The average molecular weight is 156 g/mol. The zero-order valence-corrected chi connectivity index (χ0v) is 7.71. The summed E-state index contributed by atoms with van der Waals surface area (Å²) in [6.07, 6.45) is 3.45. The van der Waals surface area contributed by atoms with Crippen LogP contribution in [-0.2, 0) is 0 Å². The fraction of sp³-hybridized carbons (Fsp3) is 1.00. The molecule has 11 heavy (non-hydrogen) atoms. The van der Waals surface area contributed by atoms with Crippen LogP contribution in [0.25, 0.3) is 0 Å². The van der Waals surface area contributed by atoms with E-state index >= 15 is 0 Å². The summed E-state index contributed by atoms with van der Waals surface area (Å²) in [5.74, 6) is 1.54. The van der Waals surface area contributed by atoms with Crippen LogP contribution in [0, 0.1) is 16.7 Å². The van der Waals surface area contributed by atoms with Crippen LogP contribution in [-0.4, -0.2) is 17.8 Å². The van der Waals surface area contributed by atoms with E-state index in [1.54, 1.807) is 7.05 Å². The van der Waals surface area contributed by atoms with Crippen molar-refractivity contribution >= 4 is 0 Å². The standard InChI is InChI=1S/C9H18NO/c1-7(2)8-4-5-9(6-8)10(3)11/h7-9H,4-6H2,1-3H3/q+1. The highest BCUT2D eigenvalue weighted by atomic mass is 16.3. The highest BCUT2D eigenvalue weighted by Gasteiger charge is 2.33. The zero-order chi connectivity index (χ0) is 8.43. The van der Waals surface area contributed by atoms with E-state index in [4.69, 9.17) is 0 Å². The maximum Gasteiger partial charge on any atom is 0.201 e. The molecular formula is C9H18NO+. The lowest BCUT2D eigenvalue weighted by Crippen LogP contribution is -2.17. The Labute approximate surface area is 68.6 Å². The zero-order valence-electron chi connectivity index (χ0n) is 7.71. The molecule has 1 aliphatic carbocycles. The van der Waals surface area contributed by atoms with Crippen LogP contribution in [0.5, 0.6) is 0 Å². The van der Waals surface area contributed by atoms with Crippen LogP contribution in [0.2, 0.25) is 0 Å². The molecule has 0 N–H and O–H groups in total. The van der Waals surface area contributed by atoms with Gasteiger partial charge in [0.15, 0.2) is 7.05 Å². The van der Waals surface area contributed by atoms with Gasteiger partial charge in [-0.3, -0.25) is 0 Å². The Hall–Kier alpha value is -0.400. The van der Waals surface area contributed by atoms with Gasteiger partial charge in [0.1, 0.15) is 0 Å². The first-order chi connectivity index (χ1) is 5.11. The molecule has 2 atom stereocenters. The second-order valence-electron chi connectivity index (χ2n) is 4.02. The molecule has 0 aromatic heterocycles. The molecule has 2 heteroatoms. The van der Waals surface area contributed by atoms with Gasteiger partial charge in [-0.05, 0) is 23.0 Å². The highest BCUT2D eigenvalue weighted by molar-refractivity contribution is 4.76. The summed E-state index contributed by atoms with van der Waals surface area (Å²) in [7, 11) is 1.65. The third-order valence-corrected chi connectivity index (χ3v) is 2.90. The van der Waals surface area contributed by atoms with Crippen molar-refractivity contribution < 1.29 is 4.76 Å². The molecule has 0 aromatic rings. The quantitative estimate of drug-likeness (QED) is 0.561. The number of rotatable bonds is 2. The first-order valence-electron chi connectivity index (χ1n) is 4.51. The molecular weight excluding hydrogens is 138 g/mol. The predicted molar refractivity (Wildman–Crippen MR) is 45.5 cm³/mol. The Balaban J connectivity index is 2.41. The summed E-state index contributed by atoms with van der Waals surface area (Å²) < 4.78 is 1.13. The van der Waals surface area contributed by atoms with Crippen molar-refractivity contribution in [1.82, 2.24) is 0 Å². The van der Waals surface area contributed by atoms with E-state index in [9.17, 15) is 4.91 Å². The van der Waals surface area contributed by atoms with E-state index in [1.165, 1.54) is 6.42 Å². The van der Waals surface area contributed by atoms with Crippen molar-refractivity contribution in [3.63, 3.8) is 0 Å². The maximum atomic E-state index is 10.9. The molecule has 0 aromatic carbocycles. The van der Waals surface area contributed by atoms with Crippen LogP contribution in [0.3, 0.4) is 0 Å². The molecule has 0 amide bonds. The molecule has 1 fully saturated rings. The SMILES string of the molecule is CC(C)C1CCC([N+](C)=O)C1. The second-order valence-corrected chi connectivity index (χ2v) is 4.02. The molecule has 0 aliphatic heterocycles. The van der Waals surface area contributed by atoms with E-state index in [0.717, 1.165) is 29.4 Å². The number of hydrogen-bond acceptors (Lipinski definition) is 1. The molecule has 0 radical (unpaired) electrons. The van der Waals surface area contributed by atoms with Crippen molar-refractivity contribution in [1.29, 1.82) is 0 Å². The summed E-state index contributed by atoms with van der Waals surface area (Å²) in [5, 5.41) is 0. The first-order valence-corrected chi connectivity index (χ1v) is 4.51. The predicted octanol–water partition coefficient (Wildman–Crippen LogP) is 2.22. The van der Waals surface area contributed by atoms with Crippen LogP contribution >= 0.6 is 0 Å². The smallest absolute Gasteiger partial charge is 0.0625 e. The summed E-state index contributed by atoms with van der Waals surface area (Å²) in [4.78, 5) is 10.9. The fourth-order valence-corrected chi connectivity index (χ4v) is 1.93.